The quantitative estimate of drug-likeness (QED) is 0.0749. The average Bonchev–Trinajstić information content (AvgIpc) is 3.14. The van der Waals surface area contributed by atoms with Crippen LogP contribution in [0.25, 0.3) is 0 Å². The summed E-state index contributed by atoms with van der Waals surface area (Å²) < 4.78 is 12.6. The number of allylic oxidation sites excluding steroid dienone is 4. The highest BCUT2D eigenvalue weighted by Crippen LogP contribution is 2.21. The minimum Gasteiger partial charge on any atom is -0.412 e. The van der Waals surface area contributed by atoms with Gasteiger partial charge in [-0.1, -0.05) is 84.1 Å². The summed E-state index contributed by atoms with van der Waals surface area (Å²) in [7, 11) is -4.33. The van der Waals surface area contributed by atoms with Crippen LogP contribution >= 0.6 is 0 Å². The van der Waals surface area contributed by atoms with Gasteiger partial charge in [-0.15, -0.1) is 26.3 Å². The maximum atomic E-state index is 6.32. The molecule has 250 valence electrons. The van der Waals surface area contributed by atoms with Crippen molar-refractivity contribution in [3.8, 4) is 35.5 Å². The minimum atomic E-state index is -2.16. The molecular weight excluding hydrogens is 641 g/mol. The minimum absolute atomic E-state index is 0.681. The fraction of sp³-hybridized carbons (Fsp3) is 0.174. The van der Waals surface area contributed by atoms with Crippen LogP contribution in [0.5, 0.6) is 0 Å². The first-order chi connectivity index (χ1) is 24.4. The second-order valence-electron chi connectivity index (χ2n) is 11.9. The Labute approximate surface area is 302 Å². The Morgan fingerprint density at radius 1 is 0.400 bits per heavy atom. The Bertz CT molecular complexity index is 1770. The third kappa shape index (κ3) is 10.2. The van der Waals surface area contributed by atoms with E-state index in [0.717, 1.165) is 57.6 Å². The van der Waals surface area contributed by atoms with E-state index >= 15 is 0 Å². The standard InChI is InChI=1S/C46H46O2Si2/c1-7-35-49(36-8-2,47-11-5)45-31-27-43(28-32-45)25-23-41-19-15-39(16-20-41)13-14-40-17-21-42(22-18-40)24-26-44-29-33-46(34-30-44)50(37-9-3,38-10-4)48-12-6/h7-10,15-22,27-34H,1-4,11-12,35-38H2,5-6H3. The van der Waals surface area contributed by atoms with Crippen LogP contribution in [0.1, 0.15) is 47.2 Å². The van der Waals surface area contributed by atoms with E-state index in [4.69, 9.17) is 8.85 Å². The number of hydrogen-bond donors (Lipinski definition) is 0. The van der Waals surface area contributed by atoms with E-state index in [1.165, 1.54) is 10.4 Å². The van der Waals surface area contributed by atoms with Gasteiger partial charge in [-0.05, 0) is 121 Å². The lowest BCUT2D eigenvalue weighted by Crippen LogP contribution is -2.50. The molecule has 0 spiro atoms. The topological polar surface area (TPSA) is 18.5 Å². The molecule has 0 amide bonds. The molecule has 0 unspecified atom stereocenters. The summed E-state index contributed by atoms with van der Waals surface area (Å²) >= 11 is 0. The van der Waals surface area contributed by atoms with Gasteiger partial charge in [0.1, 0.15) is 0 Å². The molecule has 4 heteroatoms. The monoisotopic (exact) mass is 686 g/mol. The fourth-order valence-corrected chi connectivity index (χ4v) is 12.5. The van der Waals surface area contributed by atoms with Crippen LogP contribution in [0.4, 0.5) is 0 Å². The highest BCUT2D eigenvalue weighted by molar-refractivity contribution is 6.87. The summed E-state index contributed by atoms with van der Waals surface area (Å²) in [6.07, 6.45) is 7.86. The molecule has 4 rings (SSSR count). The van der Waals surface area contributed by atoms with Gasteiger partial charge >= 0.3 is 0 Å². The molecule has 50 heavy (non-hydrogen) atoms. The van der Waals surface area contributed by atoms with Gasteiger partial charge in [-0.3, -0.25) is 0 Å². The van der Waals surface area contributed by atoms with Crippen LogP contribution in [-0.4, -0.2) is 29.8 Å². The van der Waals surface area contributed by atoms with Gasteiger partial charge in [0.2, 0.25) is 16.6 Å². The zero-order valence-electron chi connectivity index (χ0n) is 29.4. The first kappa shape index (κ1) is 37.7. The molecule has 0 atom stereocenters. The molecule has 4 aromatic carbocycles. The van der Waals surface area contributed by atoms with Gasteiger partial charge < -0.3 is 8.85 Å². The third-order valence-corrected chi connectivity index (χ3v) is 16.6. The Morgan fingerprint density at radius 2 is 0.600 bits per heavy atom. The van der Waals surface area contributed by atoms with Crippen LogP contribution in [-0.2, 0) is 8.85 Å². The zero-order chi connectivity index (χ0) is 35.7. The largest absolute Gasteiger partial charge is 0.412 e. The predicted octanol–water partition coefficient (Wildman–Crippen LogP) is 9.01. The second-order valence-corrected chi connectivity index (χ2v) is 19.2. The highest BCUT2D eigenvalue weighted by atomic mass is 28.4. The first-order valence-electron chi connectivity index (χ1n) is 17.1. The van der Waals surface area contributed by atoms with E-state index in [-0.39, 0.29) is 0 Å². The Morgan fingerprint density at radius 3 is 0.780 bits per heavy atom. The van der Waals surface area contributed by atoms with E-state index in [1.807, 2.05) is 86.7 Å². The normalized spacial score (nSPS) is 10.7. The van der Waals surface area contributed by atoms with E-state index in [9.17, 15) is 0 Å². The average molecular weight is 687 g/mol. The Balaban J connectivity index is 1.38. The molecule has 0 aliphatic carbocycles. The molecule has 0 aromatic heterocycles. The first-order valence-corrected chi connectivity index (χ1v) is 21.8. The molecular formula is C46H46O2Si2. The SMILES string of the molecule is C=CC[Si](CC=C)(OCC)c1ccc(C#Cc2ccc(C#Cc3ccc(C#Cc4ccc([Si](CC=C)(CC=C)OCC)cc4)cc3)cc2)cc1. The lowest BCUT2D eigenvalue weighted by atomic mass is 10.1. The van der Waals surface area contributed by atoms with Crippen molar-refractivity contribution in [3.63, 3.8) is 0 Å². The Hall–Kier alpha value is -5.13. The summed E-state index contributed by atoms with van der Waals surface area (Å²) in [5.74, 6) is 19.6. The molecule has 0 saturated heterocycles. The molecule has 2 nitrogen and oxygen atoms in total. The third-order valence-electron chi connectivity index (χ3n) is 8.38. The van der Waals surface area contributed by atoms with Crippen molar-refractivity contribution in [2.75, 3.05) is 13.2 Å². The number of benzene rings is 4. The lowest BCUT2D eigenvalue weighted by Gasteiger charge is -2.29. The van der Waals surface area contributed by atoms with Crippen LogP contribution in [0.15, 0.2) is 148 Å². The molecule has 4 aromatic rings. The van der Waals surface area contributed by atoms with Crippen molar-refractivity contribution in [3.05, 3.63) is 181 Å². The summed E-state index contributed by atoms with van der Waals surface area (Å²) in [5, 5.41) is 2.48. The predicted molar refractivity (Wildman–Crippen MR) is 218 cm³/mol. The van der Waals surface area contributed by atoms with Crippen LogP contribution in [0.2, 0.25) is 24.2 Å². The van der Waals surface area contributed by atoms with Gasteiger partial charge in [0.05, 0.1) is 0 Å². The zero-order valence-corrected chi connectivity index (χ0v) is 31.4. The second kappa shape index (κ2) is 19.2. The van der Waals surface area contributed by atoms with Gasteiger partial charge in [-0.25, -0.2) is 0 Å². The van der Waals surface area contributed by atoms with Crippen LogP contribution in [0.3, 0.4) is 0 Å². The molecule has 0 saturated carbocycles. The van der Waals surface area contributed by atoms with Crippen LogP contribution < -0.4 is 10.4 Å². The summed E-state index contributed by atoms with van der Waals surface area (Å²) in [4.78, 5) is 0. The van der Waals surface area contributed by atoms with E-state index in [0.29, 0.717) is 13.2 Å². The molecule has 0 fully saturated rings. The maximum absolute atomic E-state index is 6.32. The highest BCUT2D eigenvalue weighted by Gasteiger charge is 2.35. The molecule has 0 heterocycles. The molecule has 0 N–H and O–H groups in total. The smallest absolute Gasteiger partial charge is 0.231 e. The Kier molecular flexibility index (Phi) is 14.4. The summed E-state index contributed by atoms with van der Waals surface area (Å²) in [6, 6.07) is 36.4. The van der Waals surface area contributed by atoms with Gasteiger partial charge in [0.25, 0.3) is 0 Å². The molecule has 0 bridgehead atoms. The number of hydrogen-bond acceptors (Lipinski definition) is 2. The van der Waals surface area contributed by atoms with Gasteiger partial charge in [0.15, 0.2) is 0 Å². The van der Waals surface area contributed by atoms with Crippen molar-refractivity contribution in [1.82, 2.24) is 0 Å². The van der Waals surface area contributed by atoms with Crippen molar-refractivity contribution < 1.29 is 8.85 Å². The number of rotatable bonds is 14. The van der Waals surface area contributed by atoms with E-state index < -0.39 is 16.6 Å². The van der Waals surface area contributed by atoms with Gasteiger partial charge in [0, 0.05) is 46.6 Å². The maximum Gasteiger partial charge on any atom is 0.231 e. The van der Waals surface area contributed by atoms with Crippen molar-refractivity contribution in [2.45, 2.75) is 38.0 Å². The lowest BCUT2D eigenvalue weighted by molar-refractivity contribution is 0.333. The van der Waals surface area contributed by atoms with Crippen molar-refractivity contribution >= 4 is 27.0 Å². The summed E-state index contributed by atoms with van der Waals surface area (Å²) in [6.45, 7) is 21.3. The summed E-state index contributed by atoms with van der Waals surface area (Å²) in [5.41, 5.74) is 5.69. The van der Waals surface area contributed by atoms with Crippen molar-refractivity contribution in [2.24, 2.45) is 0 Å². The molecule has 0 radical (unpaired) electrons. The molecule has 0 aliphatic heterocycles. The van der Waals surface area contributed by atoms with Gasteiger partial charge in [-0.2, -0.15) is 0 Å². The van der Waals surface area contributed by atoms with Crippen LogP contribution in [0, 0.1) is 35.5 Å². The van der Waals surface area contributed by atoms with Crippen molar-refractivity contribution in [1.29, 1.82) is 0 Å². The van der Waals surface area contributed by atoms with E-state index in [2.05, 4.69) is 110 Å². The molecule has 0 aliphatic rings. The fourth-order valence-electron chi connectivity index (χ4n) is 5.95. The van der Waals surface area contributed by atoms with E-state index in [1.54, 1.807) is 0 Å².